The molecule has 0 amide bonds. The molecule has 0 radical (unpaired) electrons. The van der Waals surface area contributed by atoms with Crippen molar-refractivity contribution in [1.29, 1.82) is 0 Å². The van der Waals surface area contributed by atoms with Gasteiger partial charge in [0.25, 0.3) is 0 Å². The van der Waals surface area contributed by atoms with Crippen molar-refractivity contribution in [2.45, 2.75) is 25.8 Å². The number of fused-ring (bicyclic) bond motifs is 1. The van der Waals surface area contributed by atoms with E-state index in [0.29, 0.717) is 0 Å². The second kappa shape index (κ2) is 6.57. The number of hydrogen-bond donors (Lipinski definition) is 1. The van der Waals surface area contributed by atoms with Crippen molar-refractivity contribution < 1.29 is 4.74 Å². The average molecular weight is 294 g/mol. The van der Waals surface area contributed by atoms with Crippen LogP contribution in [0, 0.1) is 5.92 Å². The smallest absolute Gasteiger partial charge is 0.137 e. The molecule has 0 saturated heterocycles. The van der Waals surface area contributed by atoms with Gasteiger partial charge in [-0.3, -0.25) is 0 Å². The summed E-state index contributed by atoms with van der Waals surface area (Å²) in [6, 6.07) is 3.79. The molecule has 0 spiro atoms. The molecule has 0 atom stereocenters. The highest BCUT2D eigenvalue weighted by molar-refractivity contribution is 6.30. The highest BCUT2D eigenvalue weighted by Crippen LogP contribution is 2.28. The van der Waals surface area contributed by atoms with Gasteiger partial charge in [-0.1, -0.05) is 11.6 Å². The first-order valence-electron chi connectivity index (χ1n) is 7.23. The molecule has 0 bridgehead atoms. The van der Waals surface area contributed by atoms with Gasteiger partial charge in [-0.2, -0.15) is 0 Å². The fraction of sp³-hybridized carbons (Fsp3) is 0.533. The number of imidazole rings is 1. The number of hydrogen-bond acceptors (Lipinski definition) is 3. The molecule has 1 fully saturated rings. The lowest BCUT2D eigenvalue weighted by molar-refractivity contribution is 0.122. The summed E-state index contributed by atoms with van der Waals surface area (Å²) in [4.78, 5) is 4.53. The Bertz CT molecular complexity index is 565. The summed E-state index contributed by atoms with van der Waals surface area (Å²) in [5, 5.41) is 4.12. The Morgan fingerprint density at radius 3 is 3.10 bits per heavy atom. The Morgan fingerprint density at radius 2 is 2.25 bits per heavy atom. The predicted octanol–water partition coefficient (Wildman–Crippen LogP) is 2.89. The molecular formula is C15H20ClN3O. The molecule has 108 valence electrons. The Morgan fingerprint density at radius 1 is 1.35 bits per heavy atom. The summed E-state index contributed by atoms with van der Waals surface area (Å²) in [5.74, 6) is 0.854. The molecule has 1 aliphatic rings. The van der Waals surface area contributed by atoms with Gasteiger partial charge in [0.1, 0.15) is 5.65 Å². The third-order valence-electron chi connectivity index (χ3n) is 3.46. The summed E-state index contributed by atoms with van der Waals surface area (Å²) in [6.45, 7) is 3.54. The van der Waals surface area contributed by atoms with Crippen LogP contribution < -0.4 is 5.32 Å². The van der Waals surface area contributed by atoms with Crippen molar-refractivity contribution in [3.8, 4) is 0 Å². The highest BCUT2D eigenvalue weighted by atomic mass is 35.5. The lowest BCUT2D eigenvalue weighted by Gasteiger charge is -2.04. The van der Waals surface area contributed by atoms with E-state index in [1.165, 1.54) is 12.8 Å². The van der Waals surface area contributed by atoms with Crippen LogP contribution in [0.4, 0.5) is 0 Å². The van der Waals surface area contributed by atoms with Gasteiger partial charge in [-0.05, 0) is 43.9 Å². The average Bonchev–Trinajstić information content (AvgIpc) is 3.17. The van der Waals surface area contributed by atoms with Crippen molar-refractivity contribution in [3.63, 3.8) is 0 Å². The Balaban J connectivity index is 1.36. The van der Waals surface area contributed by atoms with Crippen molar-refractivity contribution in [2.75, 3.05) is 19.8 Å². The van der Waals surface area contributed by atoms with Gasteiger partial charge in [0, 0.05) is 32.2 Å². The fourth-order valence-electron chi connectivity index (χ4n) is 2.15. The number of pyridine rings is 1. The molecule has 0 unspecified atom stereocenters. The summed E-state index contributed by atoms with van der Waals surface area (Å²) >= 11 is 5.95. The highest BCUT2D eigenvalue weighted by Gasteiger charge is 2.20. The number of nitrogens with zero attached hydrogens (tertiary/aromatic N) is 2. The van der Waals surface area contributed by atoms with E-state index in [4.69, 9.17) is 16.3 Å². The van der Waals surface area contributed by atoms with Gasteiger partial charge >= 0.3 is 0 Å². The van der Waals surface area contributed by atoms with Gasteiger partial charge < -0.3 is 14.5 Å². The van der Waals surface area contributed by atoms with Gasteiger partial charge in [0.05, 0.1) is 10.7 Å². The standard InChI is InChI=1S/C15H20ClN3O/c16-13-4-5-15-18-14(10-19(15)9-13)8-17-6-1-7-20-11-12-2-3-12/h4-5,9-10,12,17H,1-3,6-8,11H2. The molecular weight excluding hydrogens is 274 g/mol. The molecule has 1 aliphatic carbocycles. The van der Waals surface area contributed by atoms with Crippen LogP contribution in [0.3, 0.4) is 0 Å². The number of halogens is 1. The normalized spacial score (nSPS) is 15.1. The quantitative estimate of drug-likeness (QED) is 0.761. The Kier molecular flexibility index (Phi) is 4.55. The molecule has 3 rings (SSSR count). The second-order valence-electron chi connectivity index (χ2n) is 5.39. The van der Waals surface area contributed by atoms with Crippen LogP contribution in [-0.2, 0) is 11.3 Å². The summed E-state index contributed by atoms with van der Waals surface area (Å²) in [7, 11) is 0. The minimum Gasteiger partial charge on any atom is -0.381 e. The number of ether oxygens (including phenoxy) is 1. The molecule has 2 aromatic heterocycles. The Labute approximate surface area is 124 Å². The molecule has 1 N–H and O–H groups in total. The van der Waals surface area contributed by atoms with Crippen LogP contribution >= 0.6 is 11.6 Å². The zero-order valence-electron chi connectivity index (χ0n) is 11.5. The van der Waals surface area contributed by atoms with E-state index >= 15 is 0 Å². The zero-order valence-corrected chi connectivity index (χ0v) is 12.3. The molecule has 1 saturated carbocycles. The summed E-state index contributed by atoms with van der Waals surface area (Å²) in [5.41, 5.74) is 1.96. The van der Waals surface area contributed by atoms with Crippen molar-refractivity contribution >= 4 is 17.2 Å². The molecule has 0 aromatic carbocycles. The molecule has 5 heteroatoms. The number of rotatable bonds is 8. The summed E-state index contributed by atoms with van der Waals surface area (Å²) < 4.78 is 7.55. The first-order valence-corrected chi connectivity index (χ1v) is 7.60. The maximum Gasteiger partial charge on any atom is 0.137 e. The number of aromatic nitrogens is 2. The topological polar surface area (TPSA) is 38.6 Å². The van der Waals surface area contributed by atoms with Crippen LogP contribution in [0.2, 0.25) is 5.02 Å². The predicted molar refractivity (Wildman–Crippen MR) is 80.1 cm³/mol. The van der Waals surface area contributed by atoms with E-state index < -0.39 is 0 Å². The van der Waals surface area contributed by atoms with E-state index in [0.717, 1.165) is 55.0 Å². The van der Waals surface area contributed by atoms with Crippen LogP contribution in [0.5, 0.6) is 0 Å². The second-order valence-corrected chi connectivity index (χ2v) is 5.83. The third-order valence-corrected chi connectivity index (χ3v) is 3.69. The van der Waals surface area contributed by atoms with Gasteiger partial charge in [0.2, 0.25) is 0 Å². The first-order chi connectivity index (χ1) is 9.81. The van der Waals surface area contributed by atoms with Crippen LogP contribution in [0.25, 0.3) is 5.65 Å². The van der Waals surface area contributed by atoms with E-state index in [9.17, 15) is 0 Å². The molecule has 0 aliphatic heterocycles. The Hall–Kier alpha value is -1.10. The first kappa shape index (κ1) is 13.9. The van der Waals surface area contributed by atoms with Gasteiger partial charge in [0.15, 0.2) is 0 Å². The molecule has 4 nitrogen and oxygen atoms in total. The molecule has 2 aromatic rings. The number of nitrogens with one attached hydrogen (secondary N) is 1. The minimum atomic E-state index is 0.724. The van der Waals surface area contributed by atoms with Crippen molar-refractivity contribution in [2.24, 2.45) is 5.92 Å². The van der Waals surface area contributed by atoms with Crippen molar-refractivity contribution in [3.05, 3.63) is 35.2 Å². The lowest BCUT2D eigenvalue weighted by atomic mass is 10.4. The maximum absolute atomic E-state index is 5.95. The zero-order chi connectivity index (χ0) is 13.8. The van der Waals surface area contributed by atoms with E-state index in [1.54, 1.807) is 0 Å². The van der Waals surface area contributed by atoms with E-state index in [2.05, 4.69) is 10.3 Å². The largest absolute Gasteiger partial charge is 0.381 e. The van der Waals surface area contributed by atoms with E-state index in [1.807, 2.05) is 28.9 Å². The third kappa shape index (κ3) is 3.95. The van der Waals surface area contributed by atoms with Gasteiger partial charge in [-0.15, -0.1) is 0 Å². The van der Waals surface area contributed by atoms with E-state index in [-0.39, 0.29) is 0 Å². The van der Waals surface area contributed by atoms with Crippen LogP contribution in [0.15, 0.2) is 24.5 Å². The fourth-order valence-corrected chi connectivity index (χ4v) is 2.32. The summed E-state index contributed by atoms with van der Waals surface area (Å²) in [6.07, 6.45) is 7.65. The maximum atomic E-state index is 5.95. The molecule has 2 heterocycles. The minimum absolute atomic E-state index is 0.724. The monoisotopic (exact) mass is 293 g/mol. The lowest BCUT2D eigenvalue weighted by Crippen LogP contribution is -2.16. The SMILES string of the molecule is Clc1ccc2nc(CNCCCOCC3CC3)cn2c1. The van der Waals surface area contributed by atoms with Crippen LogP contribution in [0.1, 0.15) is 25.0 Å². The van der Waals surface area contributed by atoms with Gasteiger partial charge in [-0.25, -0.2) is 4.98 Å². The molecule has 20 heavy (non-hydrogen) atoms. The van der Waals surface area contributed by atoms with Crippen LogP contribution in [-0.4, -0.2) is 29.1 Å². The van der Waals surface area contributed by atoms with Crippen molar-refractivity contribution in [1.82, 2.24) is 14.7 Å².